The molecule has 0 spiro atoms. The first kappa shape index (κ1) is 27.7. The summed E-state index contributed by atoms with van der Waals surface area (Å²) in [6.45, 7) is 10.6. The number of amides is 3. The lowest BCUT2D eigenvalue weighted by Crippen LogP contribution is -2.54. The lowest BCUT2D eigenvalue weighted by Gasteiger charge is -2.44. The second-order valence-electron chi connectivity index (χ2n) is 10.4. The standard InChI is InChI=1S/C26H43N5O3S2/c1-3-4-23(32)30-11-9-22(10-12-30)31(21-7-5-20(2)6-8-21)26(33)28-25-27-19-24(36-25)35-18-15-29-13-16-34-17-14-29/h19-22H,3-18H2,1-2H3,(H,27,28,33). The average Bonchev–Trinajstić information content (AvgIpc) is 3.33. The van der Waals surface area contributed by atoms with E-state index in [0.29, 0.717) is 11.6 Å². The molecule has 36 heavy (non-hydrogen) atoms. The molecule has 3 fully saturated rings. The second kappa shape index (κ2) is 14.0. The Morgan fingerprint density at radius 3 is 2.50 bits per heavy atom. The van der Waals surface area contributed by atoms with Crippen LogP contribution in [0.3, 0.4) is 0 Å². The molecule has 2 aliphatic heterocycles. The van der Waals surface area contributed by atoms with E-state index in [9.17, 15) is 9.59 Å². The van der Waals surface area contributed by atoms with Gasteiger partial charge in [0.1, 0.15) is 0 Å². The van der Waals surface area contributed by atoms with Crippen molar-refractivity contribution < 1.29 is 14.3 Å². The van der Waals surface area contributed by atoms with Crippen molar-refractivity contribution >= 4 is 40.2 Å². The fourth-order valence-electron chi connectivity index (χ4n) is 5.56. The van der Waals surface area contributed by atoms with Gasteiger partial charge in [0.15, 0.2) is 5.13 Å². The Morgan fingerprint density at radius 2 is 1.81 bits per heavy atom. The first-order valence-electron chi connectivity index (χ1n) is 13.8. The predicted molar refractivity (Wildman–Crippen MR) is 147 cm³/mol. The molecule has 8 nitrogen and oxygen atoms in total. The van der Waals surface area contributed by atoms with Gasteiger partial charge in [-0.05, 0) is 50.9 Å². The molecule has 0 aromatic carbocycles. The molecule has 3 heterocycles. The van der Waals surface area contributed by atoms with Crippen molar-refractivity contribution in [2.24, 2.45) is 5.92 Å². The van der Waals surface area contributed by atoms with Gasteiger partial charge in [-0.3, -0.25) is 15.0 Å². The van der Waals surface area contributed by atoms with Gasteiger partial charge in [-0.1, -0.05) is 25.2 Å². The quantitative estimate of drug-likeness (QED) is 0.457. The van der Waals surface area contributed by atoms with Crippen molar-refractivity contribution in [1.29, 1.82) is 0 Å². The van der Waals surface area contributed by atoms with E-state index in [-0.39, 0.29) is 24.0 Å². The van der Waals surface area contributed by atoms with E-state index < -0.39 is 0 Å². The zero-order valence-electron chi connectivity index (χ0n) is 22.0. The van der Waals surface area contributed by atoms with Crippen LogP contribution in [-0.2, 0) is 9.53 Å². The van der Waals surface area contributed by atoms with E-state index in [0.717, 1.165) is 93.9 Å². The number of thiazole rings is 1. The second-order valence-corrected chi connectivity index (χ2v) is 12.8. The van der Waals surface area contributed by atoms with Crippen LogP contribution in [0.25, 0.3) is 0 Å². The summed E-state index contributed by atoms with van der Waals surface area (Å²) in [6.07, 6.45) is 9.56. The summed E-state index contributed by atoms with van der Waals surface area (Å²) in [6, 6.07) is 0.426. The third-order valence-corrected chi connectivity index (χ3v) is 9.83. The number of hydrogen-bond acceptors (Lipinski definition) is 7. The van der Waals surface area contributed by atoms with Crippen molar-refractivity contribution in [3.63, 3.8) is 0 Å². The lowest BCUT2D eigenvalue weighted by molar-refractivity contribution is -0.132. The lowest BCUT2D eigenvalue weighted by atomic mass is 9.85. The first-order valence-corrected chi connectivity index (χ1v) is 15.6. The summed E-state index contributed by atoms with van der Waals surface area (Å²) in [5.74, 6) is 1.99. The number of ether oxygens (including phenoxy) is 1. The SMILES string of the molecule is CCCC(=O)N1CCC(N(C(=O)Nc2ncc(SCCN3CCOCC3)s2)C2CCC(C)CC2)CC1. The van der Waals surface area contributed by atoms with Crippen LogP contribution in [0, 0.1) is 5.92 Å². The number of anilines is 1. The molecule has 1 aliphatic carbocycles. The topological polar surface area (TPSA) is 78.0 Å². The summed E-state index contributed by atoms with van der Waals surface area (Å²) in [7, 11) is 0. The molecule has 4 rings (SSSR count). The third kappa shape index (κ3) is 7.82. The van der Waals surface area contributed by atoms with E-state index in [1.807, 2.05) is 18.0 Å². The maximum atomic E-state index is 13.6. The Balaban J connectivity index is 1.33. The van der Waals surface area contributed by atoms with Crippen LogP contribution in [0.2, 0.25) is 0 Å². The molecule has 0 unspecified atom stereocenters. The first-order chi connectivity index (χ1) is 17.5. The number of morpholine rings is 1. The van der Waals surface area contributed by atoms with Gasteiger partial charge in [0.2, 0.25) is 5.91 Å². The number of piperidine rings is 1. The normalized spacial score (nSPS) is 24.0. The number of hydrogen-bond donors (Lipinski definition) is 1. The molecule has 202 valence electrons. The molecule has 1 aromatic rings. The minimum Gasteiger partial charge on any atom is -0.379 e. The van der Waals surface area contributed by atoms with Gasteiger partial charge >= 0.3 is 6.03 Å². The summed E-state index contributed by atoms with van der Waals surface area (Å²) >= 11 is 3.37. The summed E-state index contributed by atoms with van der Waals surface area (Å²) in [5, 5.41) is 3.82. The molecule has 0 bridgehead atoms. The number of thioether (sulfide) groups is 1. The van der Waals surface area contributed by atoms with Gasteiger partial charge in [-0.15, -0.1) is 11.8 Å². The molecule has 3 aliphatic rings. The number of rotatable bonds is 9. The highest BCUT2D eigenvalue weighted by molar-refractivity contribution is 8.01. The van der Waals surface area contributed by atoms with Gasteiger partial charge in [-0.25, -0.2) is 9.78 Å². The van der Waals surface area contributed by atoms with Gasteiger partial charge in [0.25, 0.3) is 0 Å². The van der Waals surface area contributed by atoms with E-state index in [4.69, 9.17) is 4.74 Å². The zero-order chi connectivity index (χ0) is 25.3. The molecule has 3 amide bonds. The van der Waals surface area contributed by atoms with Crippen molar-refractivity contribution in [3.05, 3.63) is 6.20 Å². The van der Waals surface area contributed by atoms with E-state index in [1.54, 1.807) is 23.1 Å². The molecule has 0 radical (unpaired) electrons. The molecule has 2 saturated heterocycles. The van der Waals surface area contributed by atoms with Gasteiger partial charge in [0.05, 0.1) is 23.6 Å². The molecule has 1 saturated carbocycles. The Bertz CT molecular complexity index is 831. The van der Waals surface area contributed by atoms with Crippen molar-refractivity contribution in [1.82, 2.24) is 19.7 Å². The number of nitrogens with one attached hydrogen (secondary N) is 1. The Labute approximate surface area is 224 Å². The fourth-order valence-corrected chi connectivity index (χ4v) is 7.50. The number of carbonyl (C=O) groups excluding carboxylic acids is 2. The van der Waals surface area contributed by atoms with E-state index >= 15 is 0 Å². The van der Waals surface area contributed by atoms with Crippen LogP contribution < -0.4 is 5.32 Å². The predicted octanol–water partition coefficient (Wildman–Crippen LogP) is 4.77. The highest BCUT2D eigenvalue weighted by Gasteiger charge is 2.35. The summed E-state index contributed by atoms with van der Waals surface area (Å²) in [5.41, 5.74) is 0. The Kier molecular flexibility index (Phi) is 10.7. The van der Waals surface area contributed by atoms with Crippen LogP contribution in [0.1, 0.15) is 65.2 Å². The van der Waals surface area contributed by atoms with E-state index in [1.165, 1.54) is 12.8 Å². The summed E-state index contributed by atoms with van der Waals surface area (Å²) in [4.78, 5) is 37.0. The van der Waals surface area contributed by atoms with Gasteiger partial charge in [0, 0.05) is 57.0 Å². The number of nitrogens with zero attached hydrogens (tertiary/aromatic N) is 4. The monoisotopic (exact) mass is 537 g/mol. The minimum absolute atomic E-state index is 0.0212. The van der Waals surface area contributed by atoms with Crippen LogP contribution in [-0.4, -0.2) is 95.4 Å². The Morgan fingerprint density at radius 1 is 1.11 bits per heavy atom. The largest absolute Gasteiger partial charge is 0.379 e. The number of carbonyl (C=O) groups is 2. The van der Waals surface area contributed by atoms with Crippen LogP contribution in [0.5, 0.6) is 0 Å². The number of likely N-dealkylation sites (tertiary alicyclic amines) is 1. The highest BCUT2D eigenvalue weighted by atomic mass is 32.2. The molecular formula is C26H43N5O3S2. The molecule has 0 atom stereocenters. The van der Waals surface area contributed by atoms with Crippen LogP contribution in [0.15, 0.2) is 10.4 Å². The van der Waals surface area contributed by atoms with Crippen molar-refractivity contribution in [3.8, 4) is 0 Å². The van der Waals surface area contributed by atoms with Crippen molar-refractivity contribution in [2.75, 3.05) is 57.0 Å². The maximum Gasteiger partial charge on any atom is 0.324 e. The molecule has 1 N–H and O–H groups in total. The smallest absolute Gasteiger partial charge is 0.324 e. The van der Waals surface area contributed by atoms with Crippen LogP contribution in [0.4, 0.5) is 9.93 Å². The molecule has 10 heteroatoms. The van der Waals surface area contributed by atoms with Crippen LogP contribution >= 0.6 is 23.1 Å². The number of urea groups is 1. The van der Waals surface area contributed by atoms with Gasteiger partial charge < -0.3 is 14.5 Å². The Hall–Kier alpha value is -1.36. The van der Waals surface area contributed by atoms with Crippen molar-refractivity contribution in [2.45, 2.75) is 81.5 Å². The fraction of sp³-hybridized carbons (Fsp3) is 0.808. The minimum atomic E-state index is -0.0212. The van der Waals surface area contributed by atoms with E-state index in [2.05, 4.69) is 27.0 Å². The third-order valence-electron chi connectivity index (χ3n) is 7.74. The molecule has 1 aromatic heterocycles. The number of aromatic nitrogens is 1. The maximum absolute atomic E-state index is 13.6. The average molecular weight is 538 g/mol. The summed E-state index contributed by atoms with van der Waals surface area (Å²) < 4.78 is 6.56. The zero-order valence-corrected chi connectivity index (χ0v) is 23.6. The molecular weight excluding hydrogens is 494 g/mol. The highest BCUT2D eigenvalue weighted by Crippen LogP contribution is 2.33. The van der Waals surface area contributed by atoms with Gasteiger partial charge in [-0.2, -0.15) is 0 Å².